The van der Waals surface area contributed by atoms with Crippen LogP contribution in [-0.2, 0) is 15.7 Å². The van der Waals surface area contributed by atoms with E-state index in [1.807, 2.05) is 0 Å². The van der Waals surface area contributed by atoms with Crippen molar-refractivity contribution in [1.82, 2.24) is 10.2 Å². The number of aromatic nitrogens is 2. The second-order valence-corrected chi connectivity index (χ2v) is 3.34. The van der Waals surface area contributed by atoms with Crippen LogP contribution in [0.5, 0.6) is 0 Å². The van der Waals surface area contributed by atoms with Crippen molar-refractivity contribution in [2.45, 2.75) is 25.3 Å². The summed E-state index contributed by atoms with van der Waals surface area (Å²) >= 11 is 0. The summed E-state index contributed by atoms with van der Waals surface area (Å²) in [5, 5.41) is 23.6. The molecule has 0 saturated carbocycles. The summed E-state index contributed by atoms with van der Waals surface area (Å²) in [5.41, 5.74) is -2.04. The molecule has 0 bridgehead atoms. The lowest BCUT2D eigenvalue weighted by Gasteiger charge is -2.17. The van der Waals surface area contributed by atoms with E-state index in [9.17, 15) is 28.2 Å². The molecule has 0 amide bonds. The van der Waals surface area contributed by atoms with E-state index in [4.69, 9.17) is 0 Å². The first kappa shape index (κ1) is 14.5. The molecular weight excluding hydrogens is 257 g/mol. The molecule has 1 heterocycles. The number of aliphatic hydroxyl groups excluding tert-OH is 2. The molecule has 2 atom stereocenters. The Kier molecular flexibility index (Phi) is 4.30. The van der Waals surface area contributed by atoms with Gasteiger partial charge in [0.2, 0.25) is 0 Å². The normalized spacial score (nSPS) is 15.2. The first-order valence-corrected chi connectivity index (χ1v) is 4.92. The second kappa shape index (κ2) is 5.36. The fourth-order valence-corrected chi connectivity index (χ4v) is 1.27. The van der Waals surface area contributed by atoms with Crippen molar-refractivity contribution in [3.05, 3.63) is 17.5 Å². The highest BCUT2D eigenvalue weighted by Crippen LogP contribution is 2.33. The predicted octanol–water partition coefficient (Wildman–Crippen LogP) is 0.386. The van der Waals surface area contributed by atoms with Gasteiger partial charge in [0.15, 0.2) is 6.10 Å². The summed E-state index contributed by atoms with van der Waals surface area (Å²) in [6.45, 7) is 1.39. The maximum absolute atomic E-state index is 12.5. The van der Waals surface area contributed by atoms with Gasteiger partial charge < -0.3 is 14.9 Å². The smallest absolute Gasteiger partial charge is 0.433 e. The molecule has 18 heavy (non-hydrogen) atoms. The van der Waals surface area contributed by atoms with Crippen LogP contribution in [0, 0.1) is 0 Å². The Bertz CT molecular complexity index is 418. The molecule has 3 N–H and O–H groups in total. The number of nitrogens with zero attached hydrogens (tertiary/aromatic N) is 1. The Balaban J connectivity index is 2.94. The standard InChI is InChI=1S/C9H11F3N2O4/c1-2-18-8(17)6(16)5(15)4-3-13-14-7(4)9(10,11)12/h3,5-6,15-16H,2H2,1H3,(H,13,14). The molecule has 0 aliphatic carbocycles. The Hall–Kier alpha value is -1.61. The van der Waals surface area contributed by atoms with Crippen LogP contribution < -0.4 is 0 Å². The van der Waals surface area contributed by atoms with Gasteiger partial charge in [-0.05, 0) is 6.92 Å². The van der Waals surface area contributed by atoms with E-state index in [1.165, 1.54) is 6.92 Å². The highest BCUT2D eigenvalue weighted by atomic mass is 19.4. The number of carbonyl (C=O) groups excluding carboxylic acids is 1. The first-order valence-electron chi connectivity index (χ1n) is 4.92. The maximum atomic E-state index is 12.5. The van der Waals surface area contributed by atoms with Crippen LogP contribution in [0.3, 0.4) is 0 Å². The van der Waals surface area contributed by atoms with Crippen LogP contribution in [-0.4, -0.2) is 39.1 Å². The summed E-state index contributed by atoms with van der Waals surface area (Å²) in [7, 11) is 0. The van der Waals surface area contributed by atoms with Gasteiger partial charge in [0.05, 0.1) is 12.8 Å². The minimum Gasteiger partial charge on any atom is -0.464 e. The van der Waals surface area contributed by atoms with Crippen molar-refractivity contribution in [3.63, 3.8) is 0 Å². The highest BCUT2D eigenvalue weighted by molar-refractivity contribution is 5.75. The number of nitrogens with one attached hydrogen (secondary N) is 1. The largest absolute Gasteiger partial charge is 0.464 e. The minimum atomic E-state index is -4.78. The van der Waals surface area contributed by atoms with Gasteiger partial charge in [-0.25, -0.2) is 4.79 Å². The number of rotatable bonds is 4. The summed E-state index contributed by atoms with van der Waals surface area (Å²) in [6, 6.07) is 0. The van der Waals surface area contributed by atoms with Crippen molar-refractivity contribution in [2.24, 2.45) is 0 Å². The van der Waals surface area contributed by atoms with Crippen molar-refractivity contribution in [3.8, 4) is 0 Å². The van der Waals surface area contributed by atoms with E-state index in [0.29, 0.717) is 6.20 Å². The summed E-state index contributed by atoms with van der Waals surface area (Å²) in [5.74, 6) is -1.21. The zero-order valence-electron chi connectivity index (χ0n) is 9.23. The zero-order valence-corrected chi connectivity index (χ0v) is 9.23. The van der Waals surface area contributed by atoms with E-state index in [0.717, 1.165) is 0 Å². The van der Waals surface area contributed by atoms with Crippen LogP contribution in [0.4, 0.5) is 13.2 Å². The SMILES string of the molecule is CCOC(=O)C(O)C(O)c1cn[nH]c1C(F)(F)F. The first-order chi connectivity index (χ1) is 8.29. The van der Waals surface area contributed by atoms with Crippen LogP contribution in [0.1, 0.15) is 24.3 Å². The maximum Gasteiger partial charge on any atom is 0.433 e. The monoisotopic (exact) mass is 268 g/mol. The number of hydrogen-bond acceptors (Lipinski definition) is 5. The van der Waals surface area contributed by atoms with E-state index in [2.05, 4.69) is 9.84 Å². The third-order valence-corrected chi connectivity index (χ3v) is 2.10. The van der Waals surface area contributed by atoms with Crippen molar-refractivity contribution in [2.75, 3.05) is 6.61 Å². The predicted molar refractivity (Wildman–Crippen MR) is 51.2 cm³/mol. The third kappa shape index (κ3) is 2.99. The van der Waals surface area contributed by atoms with Gasteiger partial charge in [-0.15, -0.1) is 0 Å². The molecule has 9 heteroatoms. The number of aliphatic hydroxyl groups is 2. The lowest BCUT2D eigenvalue weighted by Crippen LogP contribution is -2.30. The topological polar surface area (TPSA) is 95.4 Å². The minimum absolute atomic E-state index is 0.0693. The van der Waals surface area contributed by atoms with E-state index in [1.54, 1.807) is 5.10 Å². The van der Waals surface area contributed by atoms with Gasteiger partial charge in [0.25, 0.3) is 0 Å². The number of carbonyl (C=O) groups is 1. The molecule has 2 unspecified atom stereocenters. The number of ether oxygens (including phenoxy) is 1. The van der Waals surface area contributed by atoms with Crippen LogP contribution in [0.15, 0.2) is 6.20 Å². The number of esters is 1. The van der Waals surface area contributed by atoms with Gasteiger partial charge >= 0.3 is 12.1 Å². The molecule has 1 rings (SSSR count). The zero-order chi connectivity index (χ0) is 13.9. The molecule has 0 aliphatic heterocycles. The number of hydrogen-bond donors (Lipinski definition) is 3. The van der Waals surface area contributed by atoms with Gasteiger partial charge in [-0.3, -0.25) is 5.10 Å². The molecule has 1 aromatic heterocycles. The molecule has 0 spiro atoms. The van der Waals surface area contributed by atoms with Gasteiger partial charge in [-0.1, -0.05) is 0 Å². The van der Waals surface area contributed by atoms with Gasteiger partial charge in [0, 0.05) is 5.56 Å². The van der Waals surface area contributed by atoms with Crippen LogP contribution >= 0.6 is 0 Å². The third-order valence-electron chi connectivity index (χ3n) is 2.10. The number of H-pyrrole nitrogens is 1. The summed E-state index contributed by atoms with van der Waals surface area (Å²) in [6.07, 6.45) is -8.26. The van der Waals surface area contributed by atoms with Crippen molar-refractivity contribution >= 4 is 5.97 Å². The van der Waals surface area contributed by atoms with E-state index in [-0.39, 0.29) is 6.61 Å². The molecule has 0 aliphatic rings. The molecule has 0 radical (unpaired) electrons. The lowest BCUT2D eigenvalue weighted by atomic mass is 10.1. The van der Waals surface area contributed by atoms with Crippen molar-refractivity contribution < 1.29 is 32.9 Å². The average molecular weight is 268 g/mol. The molecule has 0 fully saturated rings. The Morgan fingerprint density at radius 2 is 2.17 bits per heavy atom. The molecular formula is C9H11F3N2O4. The summed E-state index contributed by atoms with van der Waals surface area (Å²) in [4.78, 5) is 11.1. The summed E-state index contributed by atoms with van der Waals surface area (Å²) < 4.78 is 41.8. The fourth-order valence-electron chi connectivity index (χ4n) is 1.27. The number of halogens is 3. The van der Waals surface area contributed by atoms with E-state index >= 15 is 0 Å². The van der Waals surface area contributed by atoms with Crippen LogP contribution in [0.2, 0.25) is 0 Å². The Labute approximate surface area is 99.4 Å². The molecule has 0 aromatic carbocycles. The molecule has 1 aromatic rings. The average Bonchev–Trinajstić information content (AvgIpc) is 2.75. The highest BCUT2D eigenvalue weighted by Gasteiger charge is 2.40. The number of alkyl halides is 3. The molecule has 6 nitrogen and oxygen atoms in total. The number of aromatic amines is 1. The second-order valence-electron chi connectivity index (χ2n) is 3.34. The lowest BCUT2D eigenvalue weighted by molar-refractivity contribution is -0.161. The molecule has 102 valence electrons. The Morgan fingerprint density at radius 1 is 1.56 bits per heavy atom. The Morgan fingerprint density at radius 3 is 2.67 bits per heavy atom. The van der Waals surface area contributed by atoms with Crippen molar-refractivity contribution in [1.29, 1.82) is 0 Å². The molecule has 0 saturated heterocycles. The van der Waals surface area contributed by atoms with E-state index < -0.39 is 35.6 Å². The fraction of sp³-hybridized carbons (Fsp3) is 0.556. The van der Waals surface area contributed by atoms with Crippen LogP contribution in [0.25, 0.3) is 0 Å². The quantitative estimate of drug-likeness (QED) is 0.686. The van der Waals surface area contributed by atoms with Gasteiger partial charge in [0.1, 0.15) is 11.8 Å². The van der Waals surface area contributed by atoms with Gasteiger partial charge in [-0.2, -0.15) is 18.3 Å².